The van der Waals surface area contributed by atoms with Gasteiger partial charge in [-0.1, -0.05) is 0 Å². The zero-order valence-corrected chi connectivity index (χ0v) is 19.0. The van der Waals surface area contributed by atoms with E-state index >= 15 is 0 Å². The van der Waals surface area contributed by atoms with E-state index in [0.717, 1.165) is 12.1 Å². The SMILES string of the molecule is CCNC(=NCC(=O)Nc1ccc(F)c(F)c1F)N1CCN(C(=O)OCC)CC1.I. The van der Waals surface area contributed by atoms with E-state index in [9.17, 15) is 22.8 Å². The van der Waals surface area contributed by atoms with E-state index in [1.807, 2.05) is 11.8 Å². The molecule has 0 saturated carbocycles. The van der Waals surface area contributed by atoms with Gasteiger partial charge in [0.1, 0.15) is 6.54 Å². The number of nitrogens with one attached hydrogen (secondary N) is 2. The third-order valence-electron chi connectivity index (χ3n) is 4.12. The van der Waals surface area contributed by atoms with Crippen LogP contribution in [0.25, 0.3) is 0 Å². The molecule has 168 valence electrons. The maximum absolute atomic E-state index is 13.7. The molecular weight excluding hydrogens is 518 g/mol. The van der Waals surface area contributed by atoms with Crippen LogP contribution in [-0.2, 0) is 9.53 Å². The molecule has 1 aromatic rings. The van der Waals surface area contributed by atoms with Crippen LogP contribution in [0.3, 0.4) is 0 Å². The molecule has 1 aliphatic rings. The van der Waals surface area contributed by atoms with Crippen molar-refractivity contribution in [2.75, 3.05) is 51.2 Å². The van der Waals surface area contributed by atoms with Gasteiger partial charge >= 0.3 is 6.09 Å². The molecule has 2 N–H and O–H groups in total. The smallest absolute Gasteiger partial charge is 0.409 e. The number of nitrogens with zero attached hydrogens (tertiary/aromatic N) is 3. The number of halogens is 4. The lowest BCUT2D eigenvalue weighted by atomic mass is 10.2. The van der Waals surface area contributed by atoms with E-state index in [4.69, 9.17) is 4.74 Å². The molecule has 1 saturated heterocycles. The van der Waals surface area contributed by atoms with Gasteiger partial charge in [-0.15, -0.1) is 24.0 Å². The molecule has 0 unspecified atom stereocenters. The summed E-state index contributed by atoms with van der Waals surface area (Å²) in [7, 11) is 0. The fourth-order valence-electron chi connectivity index (χ4n) is 2.70. The standard InChI is InChI=1S/C18H24F3N5O3.HI/c1-3-22-17(25-7-9-26(10-8-25)18(28)29-4-2)23-11-14(27)24-13-6-5-12(19)15(20)16(13)21;/h5-6H,3-4,7-11H2,1-2H3,(H,22,23)(H,24,27);1H. The number of piperazine rings is 1. The van der Waals surface area contributed by atoms with Crippen LogP contribution in [0.1, 0.15) is 13.8 Å². The van der Waals surface area contributed by atoms with Gasteiger partial charge in [-0.25, -0.2) is 23.0 Å². The van der Waals surface area contributed by atoms with Gasteiger partial charge < -0.3 is 25.2 Å². The Morgan fingerprint density at radius 2 is 1.70 bits per heavy atom. The van der Waals surface area contributed by atoms with E-state index in [1.54, 1.807) is 11.8 Å². The van der Waals surface area contributed by atoms with Crippen molar-refractivity contribution in [3.63, 3.8) is 0 Å². The maximum atomic E-state index is 13.7. The van der Waals surface area contributed by atoms with Gasteiger partial charge in [0.15, 0.2) is 23.4 Å². The highest BCUT2D eigenvalue weighted by Crippen LogP contribution is 2.19. The van der Waals surface area contributed by atoms with Crippen molar-refractivity contribution in [3.05, 3.63) is 29.6 Å². The van der Waals surface area contributed by atoms with Crippen LogP contribution in [0, 0.1) is 17.5 Å². The molecule has 1 aromatic carbocycles. The molecule has 8 nitrogen and oxygen atoms in total. The third kappa shape index (κ3) is 6.92. The normalized spacial score (nSPS) is 14.1. The lowest BCUT2D eigenvalue weighted by Gasteiger charge is -2.35. The first kappa shape index (κ1) is 25.8. The Bertz CT molecular complexity index is 774. The summed E-state index contributed by atoms with van der Waals surface area (Å²) in [5, 5.41) is 5.22. The summed E-state index contributed by atoms with van der Waals surface area (Å²) in [6.07, 6.45) is -0.373. The van der Waals surface area contributed by atoms with Gasteiger partial charge in [0.25, 0.3) is 0 Å². The predicted octanol–water partition coefficient (Wildman–Crippen LogP) is 2.40. The molecule has 1 fully saturated rings. The molecule has 12 heteroatoms. The first-order chi connectivity index (χ1) is 13.9. The Hall–Kier alpha value is -2.25. The Morgan fingerprint density at radius 1 is 1.07 bits per heavy atom. The highest BCUT2D eigenvalue weighted by Gasteiger charge is 2.24. The number of carbonyl (C=O) groups is 2. The zero-order valence-electron chi connectivity index (χ0n) is 16.7. The van der Waals surface area contributed by atoms with Gasteiger partial charge in [-0.05, 0) is 26.0 Å². The molecule has 0 aliphatic carbocycles. The number of hydrogen-bond donors (Lipinski definition) is 2. The van der Waals surface area contributed by atoms with Crippen molar-refractivity contribution in [2.24, 2.45) is 4.99 Å². The molecule has 2 rings (SSSR count). The number of ether oxygens (including phenoxy) is 1. The minimum absolute atomic E-state index is 0. The largest absolute Gasteiger partial charge is 0.450 e. The zero-order chi connectivity index (χ0) is 21.4. The minimum atomic E-state index is -1.65. The number of rotatable bonds is 5. The summed E-state index contributed by atoms with van der Waals surface area (Å²) in [6.45, 7) is 5.97. The molecule has 1 heterocycles. The van der Waals surface area contributed by atoms with Crippen molar-refractivity contribution in [1.29, 1.82) is 0 Å². The van der Waals surface area contributed by atoms with Crippen LogP contribution in [0.2, 0.25) is 0 Å². The Morgan fingerprint density at radius 3 is 2.30 bits per heavy atom. The number of guanidine groups is 1. The van der Waals surface area contributed by atoms with Crippen molar-refractivity contribution in [2.45, 2.75) is 13.8 Å². The van der Waals surface area contributed by atoms with Crippen molar-refractivity contribution in [3.8, 4) is 0 Å². The highest BCUT2D eigenvalue weighted by atomic mass is 127. The summed E-state index contributed by atoms with van der Waals surface area (Å²) >= 11 is 0. The van der Waals surface area contributed by atoms with Crippen LogP contribution >= 0.6 is 24.0 Å². The number of anilines is 1. The second-order valence-corrected chi connectivity index (χ2v) is 6.11. The Kier molecular flexibility index (Phi) is 10.7. The van der Waals surface area contributed by atoms with Crippen LogP contribution in [0.4, 0.5) is 23.7 Å². The molecule has 0 aromatic heterocycles. The van der Waals surface area contributed by atoms with E-state index in [0.29, 0.717) is 45.3 Å². The van der Waals surface area contributed by atoms with E-state index in [1.165, 1.54) is 0 Å². The third-order valence-corrected chi connectivity index (χ3v) is 4.12. The minimum Gasteiger partial charge on any atom is -0.450 e. The van der Waals surface area contributed by atoms with Crippen molar-refractivity contribution < 1.29 is 27.5 Å². The molecule has 0 atom stereocenters. The number of amides is 2. The van der Waals surface area contributed by atoms with Gasteiger partial charge in [-0.3, -0.25) is 4.79 Å². The summed E-state index contributed by atoms with van der Waals surface area (Å²) < 4.78 is 44.9. The molecule has 30 heavy (non-hydrogen) atoms. The lowest BCUT2D eigenvalue weighted by Crippen LogP contribution is -2.54. The second kappa shape index (κ2) is 12.4. The molecule has 2 amide bonds. The van der Waals surface area contributed by atoms with Crippen LogP contribution in [0.5, 0.6) is 0 Å². The molecule has 1 aliphatic heterocycles. The van der Waals surface area contributed by atoms with Crippen molar-refractivity contribution in [1.82, 2.24) is 15.1 Å². The topological polar surface area (TPSA) is 86.3 Å². The van der Waals surface area contributed by atoms with Crippen LogP contribution < -0.4 is 10.6 Å². The average molecular weight is 543 g/mol. The number of carbonyl (C=O) groups excluding carboxylic acids is 2. The number of benzene rings is 1. The summed E-state index contributed by atoms with van der Waals surface area (Å²) in [5.41, 5.74) is -0.461. The van der Waals surface area contributed by atoms with Gasteiger partial charge in [0.2, 0.25) is 5.91 Å². The summed E-state index contributed by atoms with van der Waals surface area (Å²) in [6, 6.07) is 1.67. The molecule has 0 radical (unpaired) electrons. The van der Waals surface area contributed by atoms with Crippen LogP contribution in [-0.4, -0.2) is 73.6 Å². The molecular formula is C18H25F3IN5O3. The fourth-order valence-corrected chi connectivity index (χ4v) is 2.70. The van der Waals surface area contributed by atoms with E-state index in [-0.39, 0.29) is 36.6 Å². The van der Waals surface area contributed by atoms with Crippen LogP contribution in [0.15, 0.2) is 17.1 Å². The van der Waals surface area contributed by atoms with Gasteiger partial charge in [-0.2, -0.15) is 0 Å². The number of aliphatic imine (C=N–C) groups is 1. The monoisotopic (exact) mass is 543 g/mol. The Labute approximate surface area is 189 Å². The maximum Gasteiger partial charge on any atom is 0.409 e. The lowest BCUT2D eigenvalue weighted by molar-refractivity contribution is -0.114. The highest BCUT2D eigenvalue weighted by molar-refractivity contribution is 14.0. The predicted molar refractivity (Wildman–Crippen MR) is 117 cm³/mol. The Balaban J connectivity index is 0.00000450. The van der Waals surface area contributed by atoms with E-state index in [2.05, 4.69) is 15.6 Å². The second-order valence-electron chi connectivity index (χ2n) is 6.11. The van der Waals surface area contributed by atoms with Gasteiger partial charge in [0, 0.05) is 32.7 Å². The average Bonchev–Trinajstić information content (AvgIpc) is 2.72. The van der Waals surface area contributed by atoms with E-state index < -0.39 is 29.0 Å². The number of hydrogen-bond acceptors (Lipinski definition) is 4. The van der Waals surface area contributed by atoms with Gasteiger partial charge in [0.05, 0.1) is 12.3 Å². The summed E-state index contributed by atoms with van der Waals surface area (Å²) in [5.74, 6) is -4.69. The quantitative estimate of drug-likeness (QED) is 0.258. The fraction of sp³-hybridized carbons (Fsp3) is 0.500. The van der Waals surface area contributed by atoms with Crippen molar-refractivity contribution >= 4 is 47.6 Å². The first-order valence-corrected chi connectivity index (χ1v) is 9.25. The first-order valence-electron chi connectivity index (χ1n) is 9.25. The molecule has 0 bridgehead atoms. The summed E-state index contributed by atoms with van der Waals surface area (Å²) in [4.78, 5) is 31.5. The molecule has 0 spiro atoms.